The van der Waals surface area contributed by atoms with E-state index in [2.05, 4.69) is 5.32 Å². The number of hydrogen-bond acceptors (Lipinski definition) is 5. The Balaban J connectivity index is 1.73. The summed E-state index contributed by atoms with van der Waals surface area (Å²) in [4.78, 5) is 36.9. The number of benzene rings is 2. The van der Waals surface area contributed by atoms with Crippen LogP contribution in [-0.2, 0) is 16.0 Å². The molecule has 0 saturated heterocycles. The van der Waals surface area contributed by atoms with Gasteiger partial charge in [0.1, 0.15) is 0 Å². The summed E-state index contributed by atoms with van der Waals surface area (Å²) >= 11 is 6.09. The van der Waals surface area contributed by atoms with Crippen LogP contribution in [0.2, 0.25) is 5.02 Å². The summed E-state index contributed by atoms with van der Waals surface area (Å²) in [5, 5.41) is 11.9. The Labute approximate surface area is 173 Å². The molecule has 1 aliphatic carbocycles. The number of anilines is 1. The second-order valence-electron chi connectivity index (χ2n) is 6.74. The van der Waals surface area contributed by atoms with E-state index >= 15 is 0 Å². The van der Waals surface area contributed by atoms with Gasteiger partial charge in [0.2, 0.25) is 0 Å². The minimum atomic E-state index is -0.401. The number of nitriles is 1. The van der Waals surface area contributed by atoms with E-state index in [1.165, 1.54) is 18.2 Å². The van der Waals surface area contributed by atoms with Gasteiger partial charge in [0.05, 0.1) is 35.2 Å². The van der Waals surface area contributed by atoms with Crippen LogP contribution in [0.15, 0.2) is 36.4 Å². The Hall–Kier alpha value is -3.17. The van der Waals surface area contributed by atoms with Crippen LogP contribution in [0.1, 0.15) is 51.6 Å². The molecular weight excluding hydrogens is 392 g/mol. The van der Waals surface area contributed by atoms with Crippen LogP contribution in [0.3, 0.4) is 0 Å². The number of fused-ring (bicyclic) bond motifs is 1. The largest absolute Gasteiger partial charge is 0.466 e. The molecule has 0 spiro atoms. The molecule has 2 aromatic carbocycles. The third-order valence-electron chi connectivity index (χ3n) is 4.82. The molecule has 0 radical (unpaired) electrons. The lowest BCUT2D eigenvalue weighted by Gasteiger charge is -2.23. The van der Waals surface area contributed by atoms with E-state index in [9.17, 15) is 14.4 Å². The molecule has 0 heterocycles. The van der Waals surface area contributed by atoms with Crippen molar-refractivity contribution in [3.8, 4) is 6.07 Å². The van der Waals surface area contributed by atoms with Crippen molar-refractivity contribution < 1.29 is 19.1 Å². The zero-order chi connectivity index (χ0) is 21.0. The van der Waals surface area contributed by atoms with Crippen molar-refractivity contribution >= 4 is 34.9 Å². The van der Waals surface area contributed by atoms with E-state index in [1.54, 1.807) is 25.1 Å². The number of Topliss-reactive ketones (excluding diaryl/α,β-unsaturated/α-hetero) is 1. The van der Waals surface area contributed by atoms with Crippen molar-refractivity contribution in [1.82, 2.24) is 0 Å². The number of rotatable bonds is 5. The molecule has 6 nitrogen and oxygen atoms in total. The SMILES string of the molecule is CCOC(=O)CC1CCc2cc(NC(=O)c3ccc(C#N)cc3Cl)ccc2C1=O. The number of halogens is 1. The van der Waals surface area contributed by atoms with Gasteiger partial charge >= 0.3 is 5.97 Å². The van der Waals surface area contributed by atoms with Crippen molar-refractivity contribution in [2.75, 3.05) is 11.9 Å². The average molecular weight is 411 g/mol. The lowest BCUT2D eigenvalue weighted by atomic mass is 9.81. The predicted octanol–water partition coefficient (Wildman–Crippen LogP) is 4.16. The Kier molecular flexibility index (Phi) is 6.30. The summed E-state index contributed by atoms with van der Waals surface area (Å²) in [5.41, 5.74) is 2.58. The lowest BCUT2D eigenvalue weighted by molar-refractivity contribution is -0.144. The minimum absolute atomic E-state index is 0.0766. The first kappa shape index (κ1) is 20.6. The number of ketones is 1. The lowest BCUT2D eigenvalue weighted by Crippen LogP contribution is -2.26. The van der Waals surface area contributed by atoms with Crippen LogP contribution in [0.5, 0.6) is 0 Å². The highest BCUT2D eigenvalue weighted by Gasteiger charge is 2.29. The molecule has 1 N–H and O–H groups in total. The van der Waals surface area contributed by atoms with E-state index < -0.39 is 5.91 Å². The van der Waals surface area contributed by atoms with Crippen molar-refractivity contribution in [2.45, 2.75) is 26.2 Å². The van der Waals surface area contributed by atoms with E-state index in [0.29, 0.717) is 36.3 Å². The summed E-state index contributed by atoms with van der Waals surface area (Å²) in [5.74, 6) is -1.22. The fourth-order valence-electron chi connectivity index (χ4n) is 3.38. The first-order valence-electron chi connectivity index (χ1n) is 9.26. The predicted molar refractivity (Wildman–Crippen MR) is 108 cm³/mol. The van der Waals surface area contributed by atoms with Crippen molar-refractivity contribution in [2.24, 2.45) is 5.92 Å². The van der Waals surface area contributed by atoms with Crippen LogP contribution in [-0.4, -0.2) is 24.3 Å². The zero-order valence-corrected chi connectivity index (χ0v) is 16.6. The molecule has 1 aliphatic rings. The molecule has 0 aromatic heterocycles. The molecule has 1 amide bonds. The summed E-state index contributed by atoms with van der Waals surface area (Å²) in [6, 6.07) is 11.5. The van der Waals surface area contributed by atoms with Gasteiger partial charge < -0.3 is 10.1 Å². The number of carbonyl (C=O) groups excluding carboxylic acids is 3. The Bertz CT molecular complexity index is 1030. The van der Waals surface area contributed by atoms with E-state index in [0.717, 1.165) is 5.56 Å². The van der Waals surface area contributed by atoms with Crippen molar-refractivity contribution in [3.63, 3.8) is 0 Å². The number of esters is 1. The van der Waals surface area contributed by atoms with Crippen LogP contribution in [0.25, 0.3) is 0 Å². The number of aryl methyl sites for hydroxylation is 1. The van der Waals surface area contributed by atoms with E-state index in [4.69, 9.17) is 21.6 Å². The van der Waals surface area contributed by atoms with Crippen LogP contribution >= 0.6 is 11.6 Å². The monoisotopic (exact) mass is 410 g/mol. The molecule has 7 heteroatoms. The van der Waals surface area contributed by atoms with Gasteiger partial charge in [-0.05, 0) is 61.7 Å². The first-order valence-corrected chi connectivity index (χ1v) is 9.64. The molecule has 1 atom stereocenters. The third kappa shape index (κ3) is 4.64. The number of nitrogens with zero attached hydrogens (tertiary/aromatic N) is 1. The van der Waals surface area contributed by atoms with Gasteiger partial charge in [-0.1, -0.05) is 11.6 Å². The Morgan fingerprint density at radius 2 is 2.07 bits per heavy atom. The van der Waals surface area contributed by atoms with Gasteiger partial charge in [0, 0.05) is 17.2 Å². The second-order valence-corrected chi connectivity index (χ2v) is 7.15. The molecule has 29 heavy (non-hydrogen) atoms. The maximum absolute atomic E-state index is 12.7. The Morgan fingerprint density at radius 3 is 2.76 bits per heavy atom. The van der Waals surface area contributed by atoms with Gasteiger partial charge in [-0.15, -0.1) is 0 Å². The molecule has 0 fully saturated rings. The Morgan fingerprint density at radius 1 is 1.28 bits per heavy atom. The molecule has 3 rings (SSSR count). The second kappa shape index (κ2) is 8.89. The summed E-state index contributed by atoms with van der Waals surface area (Å²) in [6.45, 7) is 2.03. The highest BCUT2D eigenvalue weighted by molar-refractivity contribution is 6.34. The molecular formula is C22H19ClN2O4. The van der Waals surface area contributed by atoms with Gasteiger partial charge in [-0.2, -0.15) is 5.26 Å². The number of ether oxygens (including phenoxy) is 1. The average Bonchev–Trinajstić information content (AvgIpc) is 2.70. The van der Waals surface area contributed by atoms with Gasteiger partial charge in [-0.25, -0.2) is 0 Å². The number of hydrogen-bond donors (Lipinski definition) is 1. The fraction of sp³-hybridized carbons (Fsp3) is 0.273. The topological polar surface area (TPSA) is 96.3 Å². The van der Waals surface area contributed by atoms with Gasteiger partial charge in [-0.3, -0.25) is 14.4 Å². The molecule has 0 bridgehead atoms. The highest BCUT2D eigenvalue weighted by atomic mass is 35.5. The van der Waals surface area contributed by atoms with Gasteiger partial charge in [0.25, 0.3) is 5.91 Å². The summed E-state index contributed by atoms with van der Waals surface area (Å²) in [6.07, 6.45) is 1.28. The zero-order valence-electron chi connectivity index (χ0n) is 15.8. The summed E-state index contributed by atoms with van der Waals surface area (Å²) < 4.78 is 4.94. The smallest absolute Gasteiger partial charge is 0.306 e. The fourth-order valence-corrected chi connectivity index (χ4v) is 3.65. The molecule has 0 aliphatic heterocycles. The molecule has 1 unspecified atom stereocenters. The van der Waals surface area contributed by atoms with E-state index in [-0.39, 0.29) is 34.7 Å². The first-order chi connectivity index (χ1) is 13.9. The highest BCUT2D eigenvalue weighted by Crippen LogP contribution is 2.30. The summed E-state index contributed by atoms with van der Waals surface area (Å²) in [7, 11) is 0. The molecule has 2 aromatic rings. The number of amides is 1. The normalized spacial score (nSPS) is 15.2. The maximum atomic E-state index is 12.7. The standard InChI is InChI=1S/C22H19ClN2O4/c1-2-29-20(26)11-15-5-4-14-10-16(6-8-17(14)21(15)27)25-22(28)18-7-3-13(12-24)9-19(18)23/h3,6-10,15H,2,4-5,11H2,1H3,(H,25,28). The third-order valence-corrected chi connectivity index (χ3v) is 5.14. The minimum Gasteiger partial charge on any atom is -0.466 e. The maximum Gasteiger partial charge on any atom is 0.306 e. The van der Waals surface area contributed by atoms with Crippen LogP contribution in [0, 0.1) is 17.2 Å². The van der Waals surface area contributed by atoms with Crippen LogP contribution in [0.4, 0.5) is 5.69 Å². The van der Waals surface area contributed by atoms with Gasteiger partial charge in [0.15, 0.2) is 5.78 Å². The van der Waals surface area contributed by atoms with Crippen molar-refractivity contribution in [3.05, 3.63) is 63.7 Å². The van der Waals surface area contributed by atoms with Crippen molar-refractivity contribution in [1.29, 1.82) is 5.26 Å². The quantitative estimate of drug-likeness (QED) is 0.746. The number of carbonyl (C=O) groups is 3. The molecule has 148 valence electrons. The molecule has 0 saturated carbocycles. The van der Waals surface area contributed by atoms with Crippen LogP contribution < -0.4 is 5.32 Å². The van der Waals surface area contributed by atoms with E-state index in [1.807, 2.05) is 6.07 Å². The number of nitrogens with one attached hydrogen (secondary N) is 1.